The Morgan fingerprint density at radius 2 is 1.80 bits per heavy atom. The fraction of sp³-hybridized carbons (Fsp3) is 0.800. The van der Waals surface area contributed by atoms with Gasteiger partial charge < -0.3 is 14.4 Å². The Hall–Kier alpha value is -1.26. The number of carbonyl (C=O) groups excluding carboxylic acids is 2. The summed E-state index contributed by atoms with van der Waals surface area (Å²) in [6, 6.07) is 0. The SMILES string of the molecule is CC(=O)OCCN(C)C(=O)OC(C)(C)C. The molecule has 0 unspecified atom stereocenters. The third-order valence-electron chi connectivity index (χ3n) is 1.44. The molecule has 0 aromatic rings. The largest absolute Gasteiger partial charge is 0.464 e. The van der Waals surface area contributed by atoms with E-state index in [-0.39, 0.29) is 12.6 Å². The average molecular weight is 217 g/mol. The van der Waals surface area contributed by atoms with Crippen LogP contribution in [-0.2, 0) is 14.3 Å². The van der Waals surface area contributed by atoms with E-state index >= 15 is 0 Å². The summed E-state index contributed by atoms with van der Waals surface area (Å²) in [7, 11) is 1.59. The number of rotatable bonds is 3. The maximum absolute atomic E-state index is 11.4. The van der Waals surface area contributed by atoms with Crippen molar-refractivity contribution in [2.75, 3.05) is 20.2 Å². The molecule has 5 nitrogen and oxygen atoms in total. The fourth-order valence-corrected chi connectivity index (χ4v) is 0.757. The normalized spacial score (nSPS) is 10.7. The number of esters is 1. The van der Waals surface area contributed by atoms with Gasteiger partial charge in [-0.25, -0.2) is 4.79 Å². The number of carbonyl (C=O) groups is 2. The molecule has 15 heavy (non-hydrogen) atoms. The summed E-state index contributed by atoms with van der Waals surface area (Å²) in [4.78, 5) is 23.2. The van der Waals surface area contributed by atoms with E-state index in [4.69, 9.17) is 9.47 Å². The minimum Gasteiger partial charge on any atom is -0.464 e. The van der Waals surface area contributed by atoms with Crippen molar-refractivity contribution in [1.82, 2.24) is 4.90 Å². The monoisotopic (exact) mass is 217 g/mol. The van der Waals surface area contributed by atoms with Gasteiger partial charge in [-0.2, -0.15) is 0 Å². The van der Waals surface area contributed by atoms with Crippen LogP contribution in [0.1, 0.15) is 27.7 Å². The zero-order valence-electron chi connectivity index (χ0n) is 9.99. The maximum Gasteiger partial charge on any atom is 0.410 e. The van der Waals surface area contributed by atoms with Gasteiger partial charge in [-0.1, -0.05) is 0 Å². The molecule has 1 amide bonds. The van der Waals surface area contributed by atoms with E-state index in [0.717, 1.165) is 0 Å². The van der Waals surface area contributed by atoms with Crippen LogP contribution in [-0.4, -0.2) is 42.8 Å². The standard InChI is InChI=1S/C10H19NO4/c1-8(12)14-7-6-11(5)9(13)15-10(2,3)4/h6-7H2,1-5H3. The molecule has 0 heterocycles. The lowest BCUT2D eigenvalue weighted by atomic mass is 10.2. The van der Waals surface area contributed by atoms with Gasteiger partial charge in [-0.3, -0.25) is 4.79 Å². The molecule has 0 aliphatic carbocycles. The number of nitrogens with zero attached hydrogens (tertiary/aromatic N) is 1. The van der Waals surface area contributed by atoms with E-state index in [2.05, 4.69) is 0 Å². The van der Waals surface area contributed by atoms with Crippen molar-refractivity contribution >= 4 is 12.1 Å². The molecule has 0 bridgehead atoms. The second kappa shape index (κ2) is 5.58. The lowest BCUT2D eigenvalue weighted by molar-refractivity contribution is -0.141. The molecule has 0 aromatic carbocycles. The summed E-state index contributed by atoms with van der Waals surface area (Å²) >= 11 is 0. The Kier molecular flexibility index (Phi) is 5.11. The van der Waals surface area contributed by atoms with E-state index in [1.165, 1.54) is 11.8 Å². The van der Waals surface area contributed by atoms with E-state index in [1.807, 2.05) is 0 Å². The van der Waals surface area contributed by atoms with Crippen LogP contribution in [0.4, 0.5) is 4.79 Å². The number of likely N-dealkylation sites (N-methyl/N-ethyl adjacent to an activating group) is 1. The third-order valence-corrected chi connectivity index (χ3v) is 1.44. The number of hydrogen-bond acceptors (Lipinski definition) is 4. The molecule has 5 heteroatoms. The van der Waals surface area contributed by atoms with Crippen LogP contribution in [0.15, 0.2) is 0 Å². The lowest BCUT2D eigenvalue weighted by Gasteiger charge is -2.24. The van der Waals surface area contributed by atoms with Gasteiger partial charge in [0, 0.05) is 14.0 Å². The van der Waals surface area contributed by atoms with E-state index in [0.29, 0.717) is 6.54 Å². The average Bonchev–Trinajstić information content (AvgIpc) is 1.99. The predicted octanol–water partition coefficient (Wildman–Crippen LogP) is 1.42. The van der Waals surface area contributed by atoms with Crippen LogP contribution < -0.4 is 0 Å². The van der Waals surface area contributed by atoms with Gasteiger partial charge in [0.05, 0.1) is 6.54 Å². The Bertz CT molecular complexity index is 232. The highest BCUT2D eigenvalue weighted by atomic mass is 16.6. The zero-order valence-corrected chi connectivity index (χ0v) is 9.99. The van der Waals surface area contributed by atoms with Crippen LogP contribution in [0, 0.1) is 0 Å². The molecule has 0 aliphatic heterocycles. The van der Waals surface area contributed by atoms with Crippen molar-refractivity contribution in [2.24, 2.45) is 0 Å². The smallest absolute Gasteiger partial charge is 0.410 e. The Morgan fingerprint density at radius 1 is 1.27 bits per heavy atom. The second-order valence-electron chi connectivity index (χ2n) is 4.24. The summed E-state index contributed by atoms with van der Waals surface area (Å²) in [5.41, 5.74) is -0.507. The number of ether oxygens (including phenoxy) is 2. The van der Waals surface area contributed by atoms with Gasteiger partial charge in [0.15, 0.2) is 0 Å². The number of amides is 1. The van der Waals surface area contributed by atoms with E-state index in [1.54, 1.807) is 27.8 Å². The molecule has 0 fully saturated rings. The summed E-state index contributed by atoms with van der Waals surface area (Å²) < 4.78 is 9.81. The molecular formula is C10H19NO4. The molecule has 0 aliphatic rings. The molecule has 0 radical (unpaired) electrons. The molecule has 0 N–H and O–H groups in total. The van der Waals surface area contributed by atoms with Gasteiger partial charge >= 0.3 is 12.1 Å². The van der Waals surface area contributed by atoms with E-state index < -0.39 is 11.7 Å². The Labute approximate surface area is 90.3 Å². The van der Waals surface area contributed by atoms with Crippen molar-refractivity contribution < 1.29 is 19.1 Å². The molecule has 0 aromatic heterocycles. The summed E-state index contributed by atoms with van der Waals surface area (Å²) in [6.45, 7) is 7.23. The fourth-order valence-electron chi connectivity index (χ4n) is 0.757. The molecular weight excluding hydrogens is 198 g/mol. The third kappa shape index (κ3) is 7.78. The maximum atomic E-state index is 11.4. The highest BCUT2D eigenvalue weighted by Gasteiger charge is 2.19. The summed E-state index contributed by atoms with van der Waals surface area (Å²) in [6.07, 6.45) is -0.422. The molecule has 88 valence electrons. The van der Waals surface area contributed by atoms with Crippen LogP contribution in [0.3, 0.4) is 0 Å². The molecule has 0 saturated heterocycles. The molecule has 0 saturated carbocycles. The van der Waals surface area contributed by atoms with Crippen LogP contribution in [0.2, 0.25) is 0 Å². The minimum atomic E-state index is -0.507. The van der Waals surface area contributed by atoms with Crippen molar-refractivity contribution in [1.29, 1.82) is 0 Å². The summed E-state index contributed by atoms with van der Waals surface area (Å²) in [5.74, 6) is -0.354. The lowest BCUT2D eigenvalue weighted by Crippen LogP contribution is -2.36. The predicted molar refractivity (Wildman–Crippen MR) is 55.5 cm³/mol. The highest BCUT2D eigenvalue weighted by molar-refractivity contribution is 5.68. The van der Waals surface area contributed by atoms with Crippen molar-refractivity contribution in [3.05, 3.63) is 0 Å². The summed E-state index contributed by atoms with van der Waals surface area (Å²) in [5, 5.41) is 0. The van der Waals surface area contributed by atoms with Crippen molar-refractivity contribution in [2.45, 2.75) is 33.3 Å². The van der Waals surface area contributed by atoms with Crippen molar-refractivity contribution in [3.8, 4) is 0 Å². The van der Waals surface area contributed by atoms with Crippen LogP contribution in [0.5, 0.6) is 0 Å². The number of hydrogen-bond donors (Lipinski definition) is 0. The first kappa shape index (κ1) is 13.7. The first-order chi connectivity index (χ1) is 6.72. The van der Waals surface area contributed by atoms with Gasteiger partial charge in [0.25, 0.3) is 0 Å². The topological polar surface area (TPSA) is 55.8 Å². The zero-order chi connectivity index (χ0) is 12.1. The first-order valence-corrected chi connectivity index (χ1v) is 4.80. The van der Waals surface area contributed by atoms with Crippen LogP contribution >= 0.6 is 0 Å². The van der Waals surface area contributed by atoms with Gasteiger partial charge in [0.1, 0.15) is 12.2 Å². The molecule has 0 atom stereocenters. The van der Waals surface area contributed by atoms with Gasteiger partial charge in [0.2, 0.25) is 0 Å². The first-order valence-electron chi connectivity index (χ1n) is 4.80. The molecule has 0 rings (SSSR count). The molecule has 0 spiro atoms. The van der Waals surface area contributed by atoms with Gasteiger partial charge in [-0.15, -0.1) is 0 Å². The van der Waals surface area contributed by atoms with E-state index in [9.17, 15) is 9.59 Å². The quantitative estimate of drug-likeness (QED) is 0.671. The second-order valence-corrected chi connectivity index (χ2v) is 4.24. The van der Waals surface area contributed by atoms with Crippen LogP contribution in [0.25, 0.3) is 0 Å². The van der Waals surface area contributed by atoms with Gasteiger partial charge in [-0.05, 0) is 20.8 Å². The Morgan fingerprint density at radius 3 is 2.20 bits per heavy atom. The highest BCUT2D eigenvalue weighted by Crippen LogP contribution is 2.08. The van der Waals surface area contributed by atoms with Crippen molar-refractivity contribution in [3.63, 3.8) is 0 Å². The Balaban J connectivity index is 3.85. The minimum absolute atomic E-state index is 0.186.